The second-order valence-electron chi connectivity index (χ2n) is 10.3. The van der Waals surface area contributed by atoms with Crippen LogP contribution in [0.2, 0.25) is 0 Å². The molecule has 2 heterocycles. The van der Waals surface area contributed by atoms with Crippen molar-refractivity contribution in [1.82, 2.24) is 14.5 Å². The molecule has 41 heavy (non-hydrogen) atoms. The highest BCUT2D eigenvalue weighted by atomic mass is 32.2. The number of fused-ring (bicyclic) bond motifs is 1. The Morgan fingerprint density at radius 3 is 2.37 bits per heavy atom. The Morgan fingerprint density at radius 2 is 1.66 bits per heavy atom. The summed E-state index contributed by atoms with van der Waals surface area (Å²) >= 11 is 0. The van der Waals surface area contributed by atoms with Crippen molar-refractivity contribution in [2.75, 3.05) is 64.2 Å². The number of hydrogen-bond donors (Lipinski definition) is 2. The van der Waals surface area contributed by atoms with Gasteiger partial charge in [0.25, 0.3) is 0 Å². The number of carbonyl (C=O) groups excluding carboxylic acids is 1. The van der Waals surface area contributed by atoms with Gasteiger partial charge in [-0.2, -0.15) is 0 Å². The van der Waals surface area contributed by atoms with Gasteiger partial charge in [-0.3, -0.25) is 0 Å². The zero-order chi connectivity index (χ0) is 29.0. The van der Waals surface area contributed by atoms with Crippen LogP contribution in [0.5, 0.6) is 11.5 Å². The van der Waals surface area contributed by atoms with E-state index in [0.29, 0.717) is 30.9 Å². The maximum Gasteiger partial charge on any atom is 0.322 e. The largest absolute Gasteiger partial charge is 0.497 e. The van der Waals surface area contributed by atoms with E-state index in [1.165, 1.54) is 12.1 Å². The molecular formula is C30H37N5O5S. The first-order chi connectivity index (χ1) is 19.8. The van der Waals surface area contributed by atoms with E-state index in [1.54, 1.807) is 43.4 Å². The van der Waals surface area contributed by atoms with Gasteiger partial charge in [0, 0.05) is 68.3 Å². The van der Waals surface area contributed by atoms with E-state index in [2.05, 4.69) is 33.0 Å². The van der Waals surface area contributed by atoms with Crippen molar-refractivity contribution in [2.45, 2.75) is 24.4 Å². The molecule has 3 aromatic carbocycles. The number of anilines is 2. The molecule has 0 bridgehead atoms. The monoisotopic (exact) mass is 579 g/mol. The molecule has 2 amide bonds. The summed E-state index contributed by atoms with van der Waals surface area (Å²) in [7, 11) is 1.65. The number of nitrogens with zero attached hydrogens (tertiary/aromatic N) is 3. The molecule has 5 rings (SSSR count). The van der Waals surface area contributed by atoms with Crippen LogP contribution in [-0.4, -0.2) is 78.2 Å². The van der Waals surface area contributed by atoms with Crippen LogP contribution < -0.4 is 24.4 Å². The second-order valence-corrected chi connectivity index (χ2v) is 12.1. The van der Waals surface area contributed by atoms with Crippen LogP contribution >= 0.6 is 0 Å². The highest BCUT2D eigenvalue weighted by molar-refractivity contribution is 7.89. The predicted octanol–water partition coefficient (Wildman–Crippen LogP) is 3.52. The normalized spacial score (nSPS) is 15.8. The van der Waals surface area contributed by atoms with Gasteiger partial charge < -0.3 is 29.5 Å². The van der Waals surface area contributed by atoms with Crippen LogP contribution in [0.25, 0.3) is 0 Å². The fourth-order valence-electron chi connectivity index (χ4n) is 5.30. The van der Waals surface area contributed by atoms with Gasteiger partial charge in [-0.1, -0.05) is 12.1 Å². The van der Waals surface area contributed by atoms with Crippen LogP contribution in [-0.2, 0) is 29.5 Å². The number of likely N-dealkylation sites (N-methyl/N-ethyl adjacent to an activating group) is 1. The summed E-state index contributed by atoms with van der Waals surface area (Å²) in [5.74, 6) is 1.52. The minimum absolute atomic E-state index is 0.120. The highest BCUT2D eigenvalue weighted by Gasteiger charge is 2.28. The third-order valence-electron chi connectivity index (χ3n) is 7.71. The fraction of sp³-hybridized carbons (Fsp3) is 0.367. The molecule has 0 aliphatic carbocycles. The van der Waals surface area contributed by atoms with Gasteiger partial charge in [-0.15, -0.1) is 0 Å². The summed E-state index contributed by atoms with van der Waals surface area (Å²) in [6.45, 7) is 5.02. The molecule has 1 saturated heterocycles. The van der Waals surface area contributed by atoms with E-state index < -0.39 is 10.0 Å². The van der Waals surface area contributed by atoms with Crippen molar-refractivity contribution in [2.24, 2.45) is 0 Å². The number of hydrogen-bond acceptors (Lipinski definition) is 7. The molecule has 3 aromatic rings. The molecule has 0 aromatic heterocycles. The fourth-order valence-corrected chi connectivity index (χ4v) is 6.32. The molecule has 0 radical (unpaired) electrons. The topological polar surface area (TPSA) is 103 Å². The number of piperazine rings is 1. The van der Waals surface area contributed by atoms with Crippen molar-refractivity contribution in [3.05, 3.63) is 77.4 Å². The van der Waals surface area contributed by atoms with Crippen LogP contribution in [0.1, 0.15) is 16.7 Å². The molecule has 0 spiro atoms. The van der Waals surface area contributed by atoms with E-state index in [0.717, 1.165) is 54.3 Å². The average Bonchev–Trinajstić information content (AvgIpc) is 3.00. The zero-order valence-electron chi connectivity index (χ0n) is 23.7. The first-order valence-corrected chi connectivity index (χ1v) is 15.2. The van der Waals surface area contributed by atoms with E-state index in [4.69, 9.17) is 9.47 Å². The Kier molecular flexibility index (Phi) is 8.67. The summed E-state index contributed by atoms with van der Waals surface area (Å²) in [5.41, 5.74) is 4.75. The van der Waals surface area contributed by atoms with Crippen molar-refractivity contribution >= 4 is 27.4 Å². The minimum atomic E-state index is -3.74. The standard InChI is InChI=1S/C30H37N5O5S/c1-33-15-17-34(18-16-33)28-11-12-29(40-3)26-13-14-35(21-27(26)28)30(36)32-23-7-9-25(10-8-23)41(37,38)31-20-22-5-4-6-24(19-22)39-2/h4-12,19,31H,13-18,20-21H2,1-3H3,(H,32,36). The maximum absolute atomic E-state index is 13.3. The lowest BCUT2D eigenvalue weighted by Crippen LogP contribution is -2.46. The quantitative estimate of drug-likeness (QED) is 0.421. The molecule has 0 saturated carbocycles. The molecule has 10 nitrogen and oxygen atoms in total. The molecule has 1 fully saturated rings. The SMILES string of the molecule is COc1cccc(CNS(=O)(=O)c2ccc(NC(=O)N3CCc4c(OC)ccc(N5CCN(C)CC5)c4C3)cc2)c1. The van der Waals surface area contributed by atoms with E-state index in [1.807, 2.05) is 18.2 Å². The number of sulfonamides is 1. The molecule has 0 atom stereocenters. The third-order valence-corrected chi connectivity index (χ3v) is 9.13. The summed E-state index contributed by atoms with van der Waals surface area (Å²) < 4.78 is 39.1. The maximum atomic E-state index is 13.3. The van der Waals surface area contributed by atoms with E-state index in [-0.39, 0.29) is 17.5 Å². The van der Waals surface area contributed by atoms with Crippen LogP contribution in [0.15, 0.2) is 65.6 Å². The van der Waals surface area contributed by atoms with Crippen molar-refractivity contribution in [3.8, 4) is 11.5 Å². The van der Waals surface area contributed by atoms with Crippen molar-refractivity contribution in [3.63, 3.8) is 0 Å². The minimum Gasteiger partial charge on any atom is -0.497 e. The lowest BCUT2D eigenvalue weighted by Gasteiger charge is -2.38. The number of ether oxygens (including phenoxy) is 2. The van der Waals surface area contributed by atoms with Gasteiger partial charge in [-0.05, 0) is 67.6 Å². The highest BCUT2D eigenvalue weighted by Crippen LogP contribution is 2.36. The summed E-state index contributed by atoms with van der Waals surface area (Å²) in [6.07, 6.45) is 0.698. The van der Waals surface area contributed by atoms with Crippen molar-refractivity contribution in [1.29, 1.82) is 0 Å². The first-order valence-electron chi connectivity index (χ1n) is 13.7. The molecule has 11 heteroatoms. The van der Waals surface area contributed by atoms with E-state index >= 15 is 0 Å². The lowest BCUT2D eigenvalue weighted by atomic mass is 9.96. The Morgan fingerprint density at radius 1 is 0.902 bits per heavy atom. The summed E-state index contributed by atoms with van der Waals surface area (Å²) in [6, 6.07) is 17.3. The van der Waals surface area contributed by atoms with Crippen LogP contribution in [0, 0.1) is 0 Å². The molecular weight excluding hydrogens is 542 g/mol. The first kappa shape index (κ1) is 28.7. The third kappa shape index (κ3) is 6.58. The Hall–Kier alpha value is -3.80. The van der Waals surface area contributed by atoms with Gasteiger partial charge in [0.15, 0.2) is 0 Å². The number of nitrogens with one attached hydrogen (secondary N) is 2. The average molecular weight is 580 g/mol. The number of benzene rings is 3. The number of urea groups is 1. The number of amides is 2. The molecule has 2 aliphatic rings. The number of carbonyl (C=O) groups is 1. The lowest BCUT2D eigenvalue weighted by molar-refractivity contribution is 0.206. The van der Waals surface area contributed by atoms with E-state index in [9.17, 15) is 13.2 Å². The van der Waals surface area contributed by atoms with Gasteiger partial charge in [0.05, 0.1) is 19.1 Å². The number of methoxy groups -OCH3 is 2. The van der Waals surface area contributed by atoms with Crippen molar-refractivity contribution < 1.29 is 22.7 Å². The Labute approximate surface area is 241 Å². The Balaban J connectivity index is 1.24. The number of rotatable bonds is 8. The van der Waals surface area contributed by atoms with Gasteiger partial charge in [0.2, 0.25) is 10.0 Å². The van der Waals surface area contributed by atoms with Crippen LogP contribution in [0.3, 0.4) is 0 Å². The second kappa shape index (κ2) is 12.4. The predicted molar refractivity (Wildman–Crippen MR) is 159 cm³/mol. The molecule has 2 aliphatic heterocycles. The summed E-state index contributed by atoms with van der Waals surface area (Å²) in [5, 5.41) is 2.93. The molecule has 0 unspecified atom stereocenters. The molecule has 2 N–H and O–H groups in total. The van der Waals surface area contributed by atoms with Crippen LogP contribution in [0.4, 0.5) is 16.2 Å². The summed E-state index contributed by atoms with van der Waals surface area (Å²) in [4.78, 5) is 19.9. The molecule has 218 valence electrons. The van der Waals surface area contributed by atoms with Gasteiger partial charge in [-0.25, -0.2) is 17.9 Å². The zero-order valence-corrected chi connectivity index (χ0v) is 24.5. The Bertz CT molecular complexity index is 1490. The van der Waals surface area contributed by atoms with Gasteiger partial charge >= 0.3 is 6.03 Å². The van der Waals surface area contributed by atoms with Gasteiger partial charge in [0.1, 0.15) is 11.5 Å². The smallest absolute Gasteiger partial charge is 0.322 e.